The van der Waals surface area contributed by atoms with E-state index in [1.165, 1.54) is 18.2 Å². The van der Waals surface area contributed by atoms with Crippen molar-refractivity contribution in [3.05, 3.63) is 87.5 Å². The molecule has 2 N–H and O–H groups in total. The Labute approximate surface area is 198 Å². The van der Waals surface area contributed by atoms with Crippen molar-refractivity contribution in [3.63, 3.8) is 0 Å². The second-order valence-corrected chi connectivity index (χ2v) is 8.62. The Balaban J connectivity index is 0.00000320. The van der Waals surface area contributed by atoms with Crippen LogP contribution < -0.4 is 0 Å². The van der Waals surface area contributed by atoms with Crippen LogP contribution in [0.4, 0.5) is 0 Å². The first-order valence-electron chi connectivity index (χ1n) is 9.03. The maximum Gasteiger partial charge on any atom is 0.295 e. The number of ketones is 1. The molecule has 0 saturated carbocycles. The number of carbonyl (C=O) groups is 1. The molecule has 0 bridgehead atoms. The van der Waals surface area contributed by atoms with E-state index >= 15 is 0 Å². The average molecular weight is 433 g/mol. The van der Waals surface area contributed by atoms with E-state index in [1.807, 2.05) is 6.92 Å². The molecule has 7 heteroatoms. The Kier molecular flexibility index (Phi) is 7.32. The third kappa shape index (κ3) is 4.68. The molecule has 30 heavy (non-hydrogen) atoms. The predicted octanol–water partition coefficient (Wildman–Crippen LogP) is 4.15. The van der Waals surface area contributed by atoms with Crippen LogP contribution in [0.25, 0.3) is 5.57 Å². The summed E-state index contributed by atoms with van der Waals surface area (Å²) in [4.78, 5) is 11.9. The van der Waals surface area contributed by atoms with Gasteiger partial charge >= 0.3 is 0 Å². The first-order chi connectivity index (χ1) is 13.5. The summed E-state index contributed by atoms with van der Waals surface area (Å²) in [5, 5.41) is 10.1. The number of rotatable bonds is 3. The normalized spacial score (nSPS) is 15.8. The molecule has 0 aliphatic heterocycles. The molecule has 1 aliphatic rings. The Morgan fingerprint density at radius 2 is 1.50 bits per heavy atom. The van der Waals surface area contributed by atoms with Gasteiger partial charge in [0, 0.05) is 35.1 Å². The fraction of sp³-hybridized carbons (Fsp3) is 0.174. The number of phenols is 1. The molecular weight excluding hydrogens is 411 g/mol. The number of phenolic OH excluding ortho intramolecular Hbond substituents is 1. The van der Waals surface area contributed by atoms with Crippen molar-refractivity contribution in [2.24, 2.45) is 0 Å². The number of hydrogen-bond acceptors (Lipinski definition) is 4. The molecular formula is C23H22NaO5S. The molecule has 2 aromatic carbocycles. The van der Waals surface area contributed by atoms with Crippen LogP contribution in [0.15, 0.2) is 70.2 Å². The second-order valence-electron chi connectivity index (χ2n) is 7.23. The standard InChI is InChI=1S/C23H22O5S.Na/c1-13-11-20(24)15(3)9-18(13)23(19-10-16(4)21(25)12-14(19)2)17-7-5-6-8-22(17)29(26,27)28;/h5-12,24H,1-4H3,(H,26,27,28);. The van der Waals surface area contributed by atoms with Crippen LogP contribution in [-0.4, -0.2) is 53.4 Å². The summed E-state index contributed by atoms with van der Waals surface area (Å²) in [5.41, 5.74) is 4.86. The predicted molar refractivity (Wildman–Crippen MR) is 118 cm³/mol. The van der Waals surface area contributed by atoms with E-state index in [2.05, 4.69) is 0 Å². The molecule has 1 aliphatic carbocycles. The van der Waals surface area contributed by atoms with Gasteiger partial charge in [0.15, 0.2) is 5.78 Å². The third-order valence-electron chi connectivity index (χ3n) is 5.04. The van der Waals surface area contributed by atoms with Crippen LogP contribution in [0.5, 0.6) is 5.75 Å². The van der Waals surface area contributed by atoms with Crippen LogP contribution in [0.3, 0.4) is 0 Å². The van der Waals surface area contributed by atoms with Crippen molar-refractivity contribution in [1.82, 2.24) is 0 Å². The molecule has 0 spiro atoms. The molecule has 151 valence electrons. The van der Waals surface area contributed by atoms with Crippen molar-refractivity contribution >= 4 is 51.0 Å². The topological polar surface area (TPSA) is 91.7 Å². The number of aryl methyl sites for hydroxylation is 2. The van der Waals surface area contributed by atoms with Crippen LogP contribution in [0.1, 0.15) is 36.1 Å². The summed E-state index contributed by atoms with van der Waals surface area (Å²) in [6, 6.07) is 9.59. The van der Waals surface area contributed by atoms with Gasteiger partial charge < -0.3 is 5.11 Å². The molecule has 0 unspecified atom stereocenters. The van der Waals surface area contributed by atoms with Gasteiger partial charge in [-0.1, -0.05) is 18.2 Å². The summed E-state index contributed by atoms with van der Waals surface area (Å²) in [7, 11) is -4.49. The average Bonchev–Trinajstić information content (AvgIpc) is 2.63. The summed E-state index contributed by atoms with van der Waals surface area (Å²) in [5.74, 6) is 0.0312. The molecule has 3 rings (SSSR count). The summed E-state index contributed by atoms with van der Waals surface area (Å²) in [6.45, 7) is 7.06. The summed E-state index contributed by atoms with van der Waals surface area (Å²) in [6.07, 6.45) is 3.25. The number of allylic oxidation sites excluding steroid dienone is 5. The fourth-order valence-corrected chi connectivity index (χ4v) is 4.16. The molecule has 0 amide bonds. The number of aromatic hydroxyl groups is 1. The van der Waals surface area contributed by atoms with Crippen LogP contribution in [0.2, 0.25) is 0 Å². The Bertz CT molecular complexity index is 1230. The molecule has 1 radical (unpaired) electrons. The van der Waals surface area contributed by atoms with E-state index in [0.717, 1.165) is 5.56 Å². The smallest absolute Gasteiger partial charge is 0.295 e. The zero-order valence-electron chi connectivity index (χ0n) is 17.6. The van der Waals surface area contributed by atoms with Crippen molar-refractivity contribution in [3.8, 4) is 5.75 Å². The first kappa shape index (κ1) is 24.3. The van der Waals surface area contributed by atoms with E-state index in [-0.39, 0.29) is 46.0 Å². The maximum absolute atomic E-state index is 12.1. The molecule has 0 saturated heterocycles. The zero-order valence-corrected chi connectivity index (χ0v) is 20.5. The van der Waals surface area contributed by atoms with Gasteiger partial charge in [0.05, 0.1) is 0 Å². The molecule has 0 aromatic heterocycles. The molecule has 2 aromatic rings. The monoisotopic (exact) mass is 433 g/mol. The fourth-order valence-electron chi connectivity index (χ4n) is 3.46. The number of hydrogen-bond donors (Lipinski definition) is 2. The minimum atomic E-state index is -4.49. The summed E-state index contributed by atoms with van der Waals surface area (Å²) < 4.78 is 34.0. The number of benzene rings is 2. The van der Waals surface area contributed by atoms with Gasteiger partial charge in [0.25, 0.3) is 10.1 Å². The van der Waals surface area contributed by atoms with E-state index in [1.54, 1.807) is 51.1 Å². The third-order valence-corrected chi connectivity index (χ3v) is 5.95. The molecule has 0 heterocycles. The minimum Gasteiger partial charge on any atom is -0.508 e. The van der Waals surface area contributed by atoms with Gasteiger partial charge in [0.2, 0.25) is 0 Å². The second kappa shape index (κ2) is 9.04. The van der Waals surface area contributed by atoms with Crippen molar-refractivity contribution < 1.29 is 22.9 Å². The molecule has 0 fully saturated rings. The largest absolute Gasteiger partial charge is 0.508 e. The Morgan fingerprint density at radius 3 is 2.13 bits per heavy atom. The van der Waals surface area contributed by atoms with Crippen molar-refractivity contribution in [1.29, 1.82) is 0 Å². The minimum absolute atomic E-state index is 0. The quantitative estimate of drug-likeness (QED) is 0.560. The molecule has 5 nitrogen and oxygen atoms in total. The first-order valence-corrected chi connectivity index (χ1v) is 10.5. The van der Waals surface area contributed by atoms with Crippen molar-refractivity contribution in [2.75, 3.05) is 0 Å². The van der Waals surface area contributed by atoms with E-state index in [4.69, 9.17) is 0 Å². The van der Waals surface area contributed by atoms with Gasteiger partial charge in [-0.25, -0.2) is 0 Å². The van der Waals surface area contributed by atoms with Gasteiger partial charge in [0.1, 0.15) is 10.6 Å². The van der Waals surface area contributed by atoms with E-state index < -0.39 is 10.1 Å². The van der Waals surface area contributed by atoms with E-state index in [9.17, 15) is 22.9 Å². The van der Waals surface area contributed by atoms with Gasteiger partial charge in [-0.2, -0.15) is 8.42 Å². The Hall–Kier alpha value is -1.96. The van der Waals surface area contributed by atoms with E-state index in [0.29, 0.717) is 39.0 Å². The van der Waals surface area contributed by atoms with Crippen LogP contribution in [-0.2, 0) is 14.9 Å². The van der Waals surface area contributed by atoms with Gasteiger partial charge in [-0.3, -0.25) is 9.35 Å². The zero-order chi connectivity index (χ0) is 21.5. The Morgan fingerprint density at radius 1 is 0.867 bits per heavy atom. The van der Waals surface area contributed by atoms with Gasteiger partial charge in [-0.15, -0.1) is 0 Å². The summed E-state index contributed by atoms with van der Waals surface area (Å²) >= 11 is 0. The van der Waals surface area contributed by atoms with Crippen LogP contribution in [0, 0.1) is 13.8 Å². The van der Waals surface area contributed by atoms with Crippen LogP contribution >= 0.6 is 0 Å². The maximum atomic E-state index is 12.1. The van der Waals surface area contributed by atoms with Crippen molar-refractivity contribution in [2.45, 2.75) is 32.6 Å². The van der Waals surface area contributed by atoms with Gasteiger partial charge in [-0.05, 0) is 97.0 Å². The molecule has 0 atom stereocenters. The SMILES string of the molecule is CC1=CC(=C(c2cc(C)c(O)cc2C)c2ccccc2S(=O)(=O)O)C(C)=CC1=O.[Na]. The number of carbonyl (C=O) groups excluding carboxylic acids is 1.